The molecule has 0 spiro atoms. The third-order valence-electron chi connectivity index (χ3n) is 4.59. The van der Waals surface area contributed by atoms with Gasteiger partial charge in [0.05, 0.1) is 12.3 Å². The fourth-order valence-electron chi connectivity index (χ4n) is 2.99. The lowest BCUT2D eigenvalue weighted by atomic mass is 9.99. The molecule has 1 fully saturated rings. The SMILES string of the molecule is CC1CCN(CCCOc2ccc(=O)n(-c3ccc(Cl)cc3)n2)CC1. The summed E-state index contributed by atoms with van der Waals surface area (Å²) in [6, 6.07) is 10.1. The van der Waals surface area contributed by atoms with E-state index < -0.39 is 0 Å². The number of benzene rings is 1. The van der Waals surface area contributed by atoms with Crippen LogP contribution in [0.4, 0.5) is 0 Å². The number of rotatable bonds is 6. The number of hydrogen-bond donors (Lipinski definition) is 0. The van der Waals surface area contributed by atoms with Gasteiger partial charge in [0.1, 0.15) is 0 Å². The van der Waals surface area contributed by atoms with Crippen molar-refractivity contribution in [3.8, 4) is 11.6 Å². The lowest BCUT2D eigenvalue weighted by Gasteiger charge is -2.29. The molecule has 3 rings (SSSR count). The summed E-state index contributed by atoms with van der Waals surface area (Å²) < 4.78 is 7.07. The van der Waals surface area contributed by atoms with Crippen molar-refractivity contribution < 1.29 is 4.74 Å². The van der Waals surface area contributed by atoms with Crippen LogP contribution in [0.2, 0.25) is 5.02 Å². The highest BCUT2D eigenvalue weighted by atomic mass is 35.5. The van der Waals surface area contributed by atoms with Crippen LogP contribution in [0, 0.1) is 5.92 Å². The van der Waals surface area contributed by atoms with Gasteiger partial charge in [-0.3, -0.25) is 4.79 Å². The number of hydrogen-bond acceptors (Lipinski definition) is 4. The molecule has 5 nitrogen and oxygen atoms in total. The third-order valence-corrected chi connectivity index (χ3v) is 4.84. The first kappa shape index (κ1) is 18.0. The van der Waals surface area contributed by atoms with Gasteiger partial charge in [-0.25, -0.2) is 0 Å². The van der Waals surface area contributed by atoms with Crippen LogP contribution in [0.1, 0.15) is 26.2 Å². The van der Waals surface area contributed by atoms with Crippen LogP contribution in [0.15, 0.2) is 41.2 Å². The van der Waals surface area contributed by atoms with E-state index in [1.807, 2.05) is 0 Å². The number of piperidine rings is 1. The maximum atomic E-state index is 12.0. The first-order valence-corrected chi connectivity index (χ1v) is 9.21. The van der Waals surface area contributed by atoms with Crippen molar-refractivity contribution in [2.75, 3.05) is 26.2 Å². The van der Waals surface area contributed by atoms with Crippen molar-refractivity contribution in [1.29, 1.82) is 0 Å². The van der Waals surface area contributed by atoms with Gasteiger partial charge in [0.2, 0.25) is 5.88 Å². The topological polar surface area (TPSA) is 47.4 Å². The van der Waals surface area contributed by atoms with Crippen molar-refractivity contribution in [2.45, 2.75) is 26.2 Å². The average Bonchev–Trinajstić information content (AvgIpc) is 2.62. The minimum absolute atomic E-state index is 0.197. The summed E-state index contributed by atoms with van der Waals surface area (Å²) in [6.45, 7) is 6.32. The average molecular weight is 362 g/mol. The highest BCUT2D eigenvalue weighted by Crippen LogP contribution is 2.16. The highest BCUT2D eigenvalue weighted by molar-refractivity contribution is 6.30. The second-order valence-corrected chi connectivity index (χ2v) is 7.06. The molecule has 0 amide bonds. The van der Waals surface area contributed by atoms with Crippen LogP contribution in [0.3, 0.4) is 0 Å². The summed E-state index contributed by atoms with van der Waals surface area (Å²) in [5.74, 6) is 1.31. The van der Waals surface area contributed by atoms with Crippen LogP contribution in [-0.2, 0) is 0 Å². The quantitative estimate of drug-likeness (QED) is 0.740. The number of likely N-dealkylation sites (tertiary alicyclic amines) is 1. The van der Waals surface area contributed by atoms with Gasteiger partial charge in [-0.1, -0.05) is 18.5 Å². The summed E-state index contributed by atoms with van der Waals surface area (Å²) in [5.41, 5.74) is 0.472. The minimum atomic E-state index is -0.197. The first-order valence-electron chi connectivity index (χ1n) is 8.83. The molecule has 6 heteroatoms. The van der Waals surface area contributed by atoms with Gasteiger partial charge in [0, 0.05) is 23.7 Å². The van der Waals surface area contributed by atoms with Gasteiger partial charge < -0.3 is 9.64 Å². The summed E-state index contributed by atoms with van der Waals surface area (Å²) in [6.07, 6.45) is 3.53. The fraction of sp³-hybridized carbons (Fsp3) is 0.474. The molecule has 2 aromatic rings. The Balaban J connectivity index is 1.54. The number of nitrogens with zero attached hydrogens (tertiary/aromatic N) is 3. The van der Waals surface area contributed by atoms with Gasteiger partial charge in [0.15, 0.2) is 0 Å². The molecule has 1 saturated heterocycles. The van der Waals surface area contributed by atoms with E-state index >= 15 is 0 Å². The molecule has 134 valence electrons. The lowest BCUT2D eigenvalue weighted by Crippen LogP contribution is -2.34. The third kappa shape index (κ3) is 5.06. The molecule has 0 radical (unpaired) electrons. The summed E-state index contributed by atoms with van der Waals surface area (Å²) in [7, 11) is 0. The number of aromatic nitrogens is 2. The summed E-state index contributed by atoms with van der Waals surface area (Å²) in [5, 5.41) is 4.91. The van der Waals surface area contributed by atoms with Gasteiger partial charge in [-0.15, -0.1) is 5.10 Å². The standard InChI is InChI=1S/C19H24ClN3O2/c1-15-9-12-22(13-10-15)11-2-14-25-18-7-8-19(24)23(21-18)17-5-3-16(20)4-6-17/h3-8,15H,2,9-14H2,1H3. The van der Waals surface area contributed by atoms with Crippen LogP contribution in [-0.4, -0.2) is 40.9 Å². The Morgan fingerprint density at radius 1 is 1.16 bits per heavy atom. The van der Waals surface area contributed by atoms with E-state index in [0.717, 1.165) is 18.9 Å². The van der Waals surface area contributed by atoms with E-state index in [0.29, 0.717) is 23.2 Å². The van der Waals surface area contributed by atoms with Crippen LogP contribution >= 0.6 is 11.6 Å². The van der Waals surface area contributed by atoms with Gasteiger partial charge in [0.25, 0.3) is 5.56 Å². The van der Waals surface area contributed by atoms with Gasteiger partial charge in [-0.05, 0) is 62.5 Å². The Kier molecular flexibility index (Phi) is 6.10. The lowest BCUT2D eigenvalue weighted by molar-refractivity contribution is 0.176. The van der Waals surface area contributed by atoms with Crippen LogP contribution in [0.5, 0.6) is 5.88 Å². The van der Waals surface area contributed by atoms with Crippen LogP contribution in [0.25, 0.3) is 5.69 Å². The smallest absolute Gasteiger partial charge is 0.271 e. The van der Waals surface area contributed by atoms with Crippen molar-refractivity contribution >= 4 is 11.6 Å². The summed E-state index contributed by atoms with van der Waals surface area (Å²) in [4.78, 5) is 14.5. The van der Waals surface area contributed by atoms with E-state index in [1.165, 1.54) is 36.7 Å². The second-order valence-electron chi connectivity index (χ2n) is 6.62. The molecule has 1 aromatic heterocycles. The van der Waals surface area contributed by atoms with E-state index in [1.54, 1.807) is 30.3 Å². The predicted octanol–water partition coefficient (Wildman–Crippen LogP) is 3.39. The molecule has 1 aliphatic rings. The Bertz CT molecular complexity index is 737. The number of ether oxygens (including phenoxy) is 1. The zero-order valence-electron chi connectivity index (χ0n) is 14.5. The molecule has 0 atom stereocenters. The van der Waals surface area contributed by atoms with Crippen molar-refractivity contribution in [2.24, 2.45) is 5.92 Å². The van der Waals surface area contributed by atoms with E-state index in [9.17, 15) is 4.79 Å². The Morgan fingerprint density at radius 2 is 1.88 bits per heavy atom. The molecule has 0 N–H and O–H groups in total. The highest BCUT2D eigenvalue weighted by Gasteiger charge is 2.14. The zero-order valence-corrected chi connectivity index (χ0v) is 15.3. The molecule has 1 aromatic carbocycles. The normalized spacial score (nSPS) is 16.1. The van der Waals surface area contributed by atoms with Crippen molar-refractivity contribution in [1.82, 2.24) is 14.7 Å². The first-order chi connectivity index (χ1) is 12.1. The number of halogens is 1. The second kappa shape index (κ2) is 8.50. The molecule has 0 aliphatic carbocycles. The minimum Gasteiger partial charge on any atom is -0.477 e. The molecular weight excluding hydrogens is 338 g/mol. The molecule has 0 saturated carbocycles. The molecule has 2 heterocycles. The molecule has 0 unspecified atom stereocenters. The summed E-state index contributed by atoms with van der Waals surface area (Å²) >= 11 is 5.89. The van der Waals surface area contributed by atoms with Gasteiger partial charge in [-0.2, -0.15) is 4.68 Å². The van der Waals surface area contributed by atoms with E-state index in [4.69, 9.17) is 16.3 Å². The molecule has 1 aliphatic heterocycles. The molecular formula is C19H24ClN3O2. The molecule has 25 heavy (non-hydrogen) atoms. The maximum Gasteiger partial charge on any atom is 0.271 e. The van der Waals surface area contributed by atoms with Crippen LogP contribution < -0.4 is 10.3 Å². The van der Waals surface area contributed by atoms with Crippen molar-refractivity contribution in [3.63, 3.8) is 0 Å². The Labute approximate surface area is 153 Å². The predicted molar refractivity (Wildman–Crippen MR) is 99.8 cm³/mol. The maximum absolute atomic E-state index is 12.0. The zero-order chi connectivity index (χ0) is 17.6. The Hall–Kier alpha value is -1.85. The van der Waals surface area contributed by atoms with E-state index in [-0.39, 0.29) is 5.56 Å². The fourth-order valence-corrected chi connectivity index (χ4v) is 3.12. The van der Waals surface area contributed by atoms with E-state index in [2.05, 4.69) is 16.9 Å². The Morgan fingerprint density at radius 3 is 2.60 bits per heavy atom. The van der Waals surface area contributed by atoms with Gasteiger partial charge >= 0.3 is 0 Å². The molecule has 0 bridgehead atoms. The van der Waals surface area contributed by atoms with Crippen molar-refractivity contribution in [3.05, 3.63) is 51.8 Å². The largest absolute Gasteiger partial charge is 0.477 e. The monoisotopic (exact) mass is 361 g/mol.